The Bertz CT molecular complexity index is 1150. The van der Waals surface area contributed by atoms with Crippen LogP contribution in [0.15, 0.2) is 59.7 Å². The summed E-state index contributed by atoms with van der Waals surface area (Å²) in [6, 6.07) is 13.4. The molecule has 1 aliphatic heterocycles. The molecule has 1 heterocycles. The summed E-state index contributed by atoms with van der Waals surface area (Å²) in [6.07, 6.45) is 1.34. The molecule has 152 valence electrons. The van der Waals surface area contributed by atoms with Crippen LogP contribution in [0, 0.1) is 5.82 Å². The van der Waals surface area contributed by atoms with Crippen molar-refractivity contribution in [3.8, 4) is 0 Å². The van der Waals surface area contributed by atoms with Crippen LogP contribution in [-0.4, -0.2) is 52.4 Å². The van der Waals surface area contributed by atoms with Crippen molar-refractivity contribution in [2.24, 2.45) is 5.10 Å². The number of carbonyl (C=O) groups is 2. The maximum absolute atomic E-state index is 13.7. The maximum atomic E-state index is 13.7. The first-order valence-electron chi connectivity index (χ1n) is 9.25. The van der Waals surface area contributed by atoms with Gasteiger partial charge < -0.3 is 10.2 Å². The molecule has 0 aromatic heterocycles. The second-order valence-corrected chi connectivity index (χ2v) is 6.78. The minimum Gasteiger partial charge on any atom is -0.394 e. The zero-order valence-corrected chi connectivity index (χ0v) is 15.7. The molecule has 4 rings (SSSR count). The second-order valence-electron chi connectivity index (χ2n) is 6.78. The molecule has 0 spiro atoms. The van der Waals surface area contributed by atoms with Gasteiger partial charge in [-0.3, -0.25) is 19.9 Å². The Kier molecular flexibility index (Phi) is 5.26. The predicted octanol–water partition coefficient (Wildman–Crippen LogP) is 2.37. The first kappa shape index (κ1) is 19.7. The molecule has 3 aromatic carbocycles. The number of nitrogens with zero attached hydrogens (tertiary/aromatic N) is 2. The molecule has 0 fully saturated rings. The van der Waals surface area contributed by atoms with E-state index in [1.54, 1.807) is 48.5 Å². The zero-order chi connectivity index (χ0) is 21.3. The Morgan fingerprint density at radius 3 is 2.37 bits per heavy atom. The number of aliphatic hydroxyl groups excluding tert-OH is 2. The monoisotopic (exact) mass is 407 g/mol. The van der Waals surface area contributed by atoms with Gasteiger partial charge in [-0.15, -0.1) is 0 Å². The molecule has 0 saturated heterocycles. The third-order valence-corrected chi connectivity index (χ3v) is 5.02. The molecule has 0 aliphatic carbocycles. The molecule has 0 bridgehead atoms. The summed E-state index contributed by atoms with van der Waals surface area (Å²) in [5.41, 5.74) is 4.27. The van der Waals surface area contributed by atoms with Crippen molar-refractivity contribution in [1.29, 1.82) is 0 Å². The molecule has 0 radical (unpaired) electrons. The highest BCUT2D eigenvalue weighted by Crippen LogP contribution is 2.35. The number of hydrazone groups is 1. The highest BCUT2D eigenvalue weighted by molar-refractivity contribution is 6.26. The van der Waals surface area contributed by atoms with Gasteiger partial charge in [-0.05, 0) is 24.3 Å². The van der Waals surface area contributed by atoms with Crippen molar-refractivity contribution >= 4 is 34.5 Å². The number of rotatable bonds is 6. The number of aliphatic hydroxyl groups is 2. The summed E-state index contributed by atoms with van der Waals surface area (Å²) < 4.78 is 13.7. The molecular weight excluding hydrogens is 389 g/mol. The van der Waals surface area contributed by atoms with Gasteiger partial charge in [0.05, 0.1) is 31.2 Å². The highest BCUT2D eigenvalue weighted by atomic mass is 19.1. The Hall–Kier alpha value is -3.62. The minimum absolute atomic E-state index is 0.288. The van der Waals surface area contributed by atoms with E-state index in [-0.39, 0.29) is 11.1 Å². The molecule has 0 unspecified atom stereocenters. The molecule has 3 N–H and O–H groups in total. The van der Waals surface area contributed by atoms with E-state index in [1.807, 2.05) is 0 Å². The van der Waals surface area contributed by atoms with Crippen molar-refractivity contribution in [3.05, 3.63) is 77.1 Å². The van der Waals surface area contributed by atoms with Crippen molar-refractivity contribution in [1.82, 2.24) is 4.90 Å². The third-order valence-electron chi connectivity index (χ3n) is 5.02. The lowest BCUT2D eigenvalue weighted by atomic mass is 9.92. The van der Waals surface area contributed by atoms with Crippen molar-refractivity contribution in [3.63, 3.8) is 0 Å². The Morgan fingerprint density at radius 2 is 1.67 bits per heavy atom. The molecule has 0 saturated carbocycles. The van der Waals surface area contributed by atoms with Crippen LogP contribution in [0.1, 0.15) is 26.3 Å². The standard InChI is InChI=1S/C22H18FN3O4/c23-18-7-2-1-4-13(18)10-24-25-19-9-8-17-20-15(19)5-3-6-16(20)21(29)26(22(17)30)14(11-27)12-28/h1-10,14,25,27-28H,11-12H2/b24-10+. The lowest BCUT2D eigenvalue weighted by molar-refractivity contribution is 0.0375. The van der Waals surface area contributed by atoms with Gasteiger partial charge in [-0.2, -0.15) is 5.10 Å². The fourth-order valence-corrected chi connectivity index (χ4v) is 3.52. The van der Waals surface area contributed by atoms with Crippen LogP contribution >= 0.6 is 0 Å². The van der Waals surface area contributed by atoms with Crippen LogP contribution < -0.4 is 5.43 Å². The fourth-order valence-electron chi connectivity index (χ4n) is 3.52. The number of halogens is 1. The van der Waals surface area contributed by atoms with Gasteiger partial charge in [-0.1, -0.05) is 30.3 Å². The zero-order valence-electron chi connectivity index (χ0n) is 15.7. The lowest BCUT2D eigenvalue weighted by Gasteiger charge is -2.32. The quantitative estimate of drug-likeness (QED) is 0.331. The van der Waals surface area contributed by atoms with Crippen molar-refractivity contribution < 1.29 is 24.2 Å². The first-order valence-corrected chi connectivity index (χ1v) is 9.25. The summed E-state index contributed by atoms with van der Waals surface area (Å²) in [7, 11) is 0. The molecular formula is C22H18FN3O4. The average Bonchev–Trinajstić information content (AvgIpc) is 2.76. The van der Waals surface area contributed by atoms with Gasteiger partial charge in [0.25, 0.3) is 11.8 Å². The smallest absolute Gasteiger partial charge is 0.261 e. The molecule has 2 amide bonds. The topological polar surface area (TPSA) is 102 Å². The van der Waals surface area contributed by atoms with Crippen LogP contribution in [0.3, 0.4) is 0 Å². The van der Waals surface area contributed by atoms with Gasteiger partial charge >= 0.3 is 0 Å². The van der Waals surface area contributed by atoms with E-state index >= 15 is 0 Å². The van der Waals surface area contributed by atoms with Crippen molar-refractivity contribution in [2.75, 3.05) is 18.6 Å². The maximum Gasteiger partial charge on any atom is 0.261 e. The van der Waals surface area contributed by atoms with Crippen LogP contribution in [0.4, 0.5) is 10.1 Å². The Balaban J connectivity index is 1.74. The number of carbonyl (C=O) groups excluding carboxylic acids is 2. The van der Waals surface area contributed by atoms with E-state index in [9.17, 15) is 24.2 Å². The summed E-state index contributed by atoms with van der Waals surface area (Å²) in [5.74, 6) is -1.57. The van der Waals surface area contributed by atoms with Crippen LogP contribution in [0.25, 0.3) is 10.8 Å². The average molecular weight is 407 g/mol. The van der Waals surface area contributed by atoms with E-state index < -0.39 is 36.9 Å². The number of hydrogen-bond donors (Lipinski definition) is 3. The molecule has 30 heavy (non-hydrogen) atoms. The molecule has 1 aliphatic rings. The number of benzene rings is 3. The fraction of sp³-hybridized carbons (Fsp3) is 0.136. The molecule has 7 nitrogen and oxygen atoms in total. The van der Waals surface area contributed by atoms with Gasteiger partial charge in [0.2, 0.25) is 0 Å². The largest absolute Gasteiger partial charge is 0.394 e. The van der Waals surface area contributed by atoms with E-state index in [4.69, 9.17) is 0 Å². The molecule has 8 heteroatoms. The summed E-state index contributed by atoms with van der Waals surface area (Å²) in [4.78, 5) is 26.7. The number of hydrogen-bond acceptors (Lipinski definition) is 6. The third kappa shape index (κ3) is 3.22. The number of amides is 2. The number of anilines is 1. The summed E-state index contributed by atoms with van der Waals surface area (Å²) in [5, 5.41) is 24.0. The second kappa shape index (κ2) is 8.02. The van der Waals surface area contributed by atoms with E-state index in [0.717, 1.165) is 4.90 Å². The van der Waals surface area contributed by atoms with Crippen LogP contribution in [-0.2, 0) is 0 Å². The molecule has 0 atom stereocenters. The predicted molar refractivity (Wildman–Crippen MR) is 110 cm³/mol. The lowest BCUT2D eigenvalue weighted by Crippen LogP contribution is -2.50. The van der Waals surface area contributed by atoms with Gasteiger partial charge in [0, 0.05) is 27.5 Å². The Morgan fingerprint density at radius 1 is 0.967 bits per heavy atom. The van der Waals surface area contributed by atoms with Crippen LogP contribution in [0.5, 0.6) is 0 Å². The van der Waals surface area contributed by atoms with E-state index in [0.29, 0.717) is 22.0 Å². The molecule has 3 aromatic rings. The first-order chi connectivity index (χ1) is 14.6. The minimum atomic E-state index is -1.02. The normalized spacial score (nSPS) is 13.7. The van der Waals surface area contributed by atoms with E-state index in [2.05, 4.69) is 10.5 Å². The highest BCUT2D eigenvalue weighted by Gasteiger charge is 2.37. The summed E-state index contributed by atoms with van der Waals surface area (Å²) in [6.45, 7) is -1.08. The SMILES string of the molecule is O=C1c2cccc3c(N/N=C/c4ccccc4F)ccc(c23)C(=O)N1C(CO)CO. The van der Waals surface area contributed by atoms with Gasteiger partial charge in [0.1, 0.15) is 5.82 Å². The Labute approximate surface area is 171 Å². The number of imide groups is 1. The van der Waals surface area contributed by atoms with Gasteiger partial charge in [0.15, 0.2) is 0 Å². The van der Waals surface area contributed by atoms with Crippen LogP contribution in [0.2, 0.25) is 0 Å². The van der Waals surface area contributed by atoms with Crippen molar-refractivity contribution in [2.45, 2.75) is 6.04 Å². The van der Waals surface area contributed by atoms with Gasteiger partial charge in [-0.25, -0.2) is 4.39 Å². The summed E-state index contributed by atoms with van der Waals surface area (Å²) >= 11 is 0. The van der Waals surface area contributed by atoms with E-state index in [1.165, 1.54) is 12.3 Å². The number of nitrogens with one attached hydrogen (secondary N) is 1.